The lowest BCUT2D eigenvalue weighted by molar-refractivity contribution is 0.129. The minimum absolute atomic E-state index is 0.469. The SMILES string of the molecule is PB(I)NCCCCOCCCNB(P)I. The van der Waals surface area contributed by atoms with Gasteiger partial charge in [0.25, 0.3) is 0 Å². The molecule has 16 heavy (non-hydrogen) atoms. The topological polar surface area (TPSA) is 33.3 Å². The average Bonchev–Trinajstić information content (AvgIpc) is 2.20. The molecule has 0 aromatic heterocycles. The van der Waals surface area contributed by atoms with Crippen molar-refractivity contribution in [2.75, 3.05) is 26.3 Å². The number of hydrogen-bond acceptors (Lipinski definition) is 3. The van der Waals surface area contributed by atoms with Crippen LogP contribution < -0.4 is 10.5 Å². The molecule has 0 rings (SSSR count). The Balaban J connectivity index is 2.93. The predicted octanol–water partition coefficient (Wildman–Crippen LogP) is 1.94. The van der Waals surface area contributed by atoms with Crippen LogP contribution in [0.2, 0.25) is 0 Å². The van der Waals surface area contributed by atoms with Crippen LogP contribution in [0.25, 0.3) is 0 Å². The van der Waals surface area contributed by atoms with Crippen LogP contribution in [0.4, 0.5) is 0 Å². The third kappa shape index (κ3) is 16.3. The third-order valence-corrected chi connectivity index (χ3v) is 3.21. The van der Waals surface area contributed by atoms with Gasteiger partial charge in [0.2, 0.25) is 0 Å². The molecule has 0 fully saturated rings. The first-order valence-electron chi connectivity index (χ1n) is 5.46. The van der Waals surface area contributed by atoms with Crippen molar-refractivity contribution in [2.24, 2.45) is 0 Å². The highest BCUT2D eigenvalue weighted by Crippen LogP contribution is 2.00. The molecule has 94 valence electrons. The van der Waals surface area contributed by atoms with Gasteiger partial charge in [-0.1, -0.05) is 0 Å². The lowest BCUT2D eigenvalue weighted by Crippen LogP contribution is -2.24. The van der Waals surface area contributed by atoms with E-state index in [-0.39, 0.29) is 0 Å². The minimum Gasteiger partial charge on any atom is -0.381 e. The van der Waals surface area contributed by atoms with Gasteiger partial charge in [-0.2, -0.15) is 0 Å². The van der Waals surface area contributed by atoms with Crippen LogP contribution in [0.5, 0.6) is 0 Å². The summed E-state index contributed by atoms with van der Waals surface area (Å²) in [6.07, 6.45) is 3.42. The fourth-order valence-electron chi connectivity index (χ4n) is 1.09. The van der Waals surface area contributed by atoms with E-state index in [2.05, 4.69) is 73.4 Å². The number of unbranched alkanes of at least 4 members (excludes halogenated alkanes) is 1. The molecular formula is C7H20B2I2N2OP2. The molecule has 2 atom stereocenters. The van der Waals surface area contributed by atoms with Gasteiger partial charge in [-0.15, -0.1) is 63.0 Å². The first kappa shape index (κ1) is 18.3. The molecule has 0 spiro atoms. The van der Waals surface area contributed by atoms with Crippen LogP contribution in [-0.4, -0.2) is 35.2 Å². The molecule has 2 unspecified atom stereocenters. The molecule has 0 aromatic rings. The Morgan fingerprint density at radius 1 is 0.875 bits per heavy atom. The Bertz CT molecular complexity index is 144. The minimum atomic E-state index is 0.469. The summed E-state index contributed by atoms with van der Waals surface area (Å²) < 4.78 is 6.49. The Morgan fingerprint density at radius 2 is 1.38 bits per heavy atom. The van der Waals surface area contributed by atoms with Crippen molar-refractivity contribution in [2.45, 2.75) is 19.3 Å². The molecular weight excluding hydrogens is 465 g/mol. The van der Waals surface area contributed by atoms with Gasteiger partial charge < -0.3 is 15.2 Å². The third-order valence-electron chi connectivity index (χ3n) is 1.86. The van der Waals surface area contributed by atoms with Crippen LogP contribution in [0, 0.1) is 0 Å². The van der Waals surface area contributed by atoms with E-state index in [0.29, 0.717) is 8.85 Å². The molecule has 0 aliphatic rings. The van der Waals surface area contributed by atoms with Gasteiger partial charge in [0.05, 0.1) is 0 Å². The predicted molar refractivity (Wildman–Crippen MR) is 99.6 cm³/mol. The highest BCUT2D eigenvalue weighted by atomic mass is 127. The first-order valence-corrected chi connectivity index (χ1v) is 9.29. The fraction of sp³-hybridized carbons (Fsp3) is 1.00. The zero-order chi connectivity index (χ0) is 12.2. The summed E-state index contributed by atoms with van der Waals surface area (Å²) >= 11 is 4.68. The maximum Gasteiger partial charge on any atom is 0.316 e. The molecule has 0 saturated heterocycles. The maximum absolute atomic E-state index is 5.54. The fourth-order valence-corrected chi connectivity index (χ4v) is 2.04. The standard InChI is InChI=1S/C7H20B2I2N2OP2/c10-8(15)12-4-1-2-6-14-7-3-5-13-9(11)16/h12-13H,1-7,15-16H2. The second-order valence-corrected chi connectivity index (χ2v) is 10.1. The van der Waals surface area contributed by atoms with E-state index < -0.39 is 0 Å². The summed E-state index contributed by atoms with van der Waals surface area (Å²) in [7, 11) is 5.44. The monoisotopic (exact) mass is 486 g/mol. The van der Waals surface area contributed by atoms with Crippen molar-refractivity contribution in [3.8, 4) is 0 Å². The zero-order valence-corrected chi connectivity index (χ0v) is 16.0. The van der Waals surface area contributed by atoms with E-state index in [1.807, 2.05) is 0 Å². The first-order chi connectivity index (χ1) is 7.63. The van der Waals surface area contributed by atoms with Crippen molar-refractivity contribution in [1.82, 2.24) is 10.5 Å². The van der Waals surface area contributed by atoms with E-state index in [1.54, 1.807) is 0 Å². The molecule has 0 aromatic carbocycles. The second-order valence-electron chi connectivity index (χ2n) is 3.38. The summed E-state index contributed by atoms with van der Waals surface area (Å²) in [4.78, 5) is 0. The molecule has 0 bridgehead atoms. The number of nitrogens with one attached hydrogen (secondary N) is 2. The van der Waals surface area contributed by atoms with Gasteiger partial charge >= 0.3 is 8.85 Å². The molecule has 3 nitrogen and oxygen atoms in total. The highest BCUT2D eigenvalue weighted by molar-refractivity contribution is 14.1. The summed E-state index contributed by atoms with van der Waals surface area (Å²) in [5.41, 5.74) is 0. The van der Waals surface area contributed by atoms with E-state index >= 15 is 0 Å². The molecule has 9 heteroatoms. The van der Waals surface area contributed by atoms with E-state index in [9.17, 15) is 0 Å². The molecule has 0 amide bonds. The molecule has 0 aliphatic carbocycles. The lowest BCUT2D eigenvalue weighted by atomic mass is 10.3. The van der Waals surface area contributed by atoms with Gasteiger partial charge in [-0.05, 0) is 32.4 Å². The van der Waals surface area contributed by atoms with Crippen LogP contribution in [0.3, 0.4) is 0 Å². The summed E-state index contributed by atoms with van der Waals surface area (Å²) in [6, 6.07) is 0. The molecule has 0 heterocycles. The van der Waals surface area contributed by atoms with E-state index in [4.69, 9.17) is 4.74 Å². The van der Waals surface area contributed by atoms with E-state index in [0.717, 1.165) is 39.1 Å². The summed E-state index contributed by atoms with van der Waals surface area (Å²) in [6.45, 7) is 3.86. The van der Waals surface area contributed by atoms with Crippen molar-refractivity contribution < 1.29 is 4.74 Å². The van der Waals surface area contributed by atoms with Gasteiger partial charge in [0, 0.05) is 13.2 Å². The molecule has 2 N–H and O–H groups in total. The largest absolute Gasteiger partial charge is 0.381 e. The van der Waals surface area contributed by atoms with Gasteiger partial charge in [-0.3, -0.25) is 0 Å². The Kier molecular flexibility index (Phi) is 15.8. The van der Waals surface area contributed by atoms with E-state index in [1.165, 1.54) is 6.42 Å². The Morgan fingerprint density at radius 3 is 1.94 bits per heavy atom. The van der Waals surface area contributed by atoms with Gasteiger partial charge in [0.1, 0.15) is 0 Å². The summed E-state index contributed by atoms with van der Waals surface area (Å²) in [5.74, 6) is 0. The Hall–Kier alpha value is 2.33. The van der Waals surface area contributed by atoms with Crippen molar-refractivity contribution in [3.63, 3.8) is 0 Å². The van der Waals surface area contributed by atoms with Crippen LogP contribution in [0.15, 0.2) is 0 Å². The lowest BCUT2D eigenvalue weighted by Gasteiger charge is -2.06. The van der Waals surface area contributed by atoms with Gasteiger partial charge in [0.15, 0.2) is 0 Å². The number of rotatable bonds is 11. The van der Waals surface area contributed by atoms with Crippen LogP contribution in [-0.2, 0) is 4.74 Å². The quantitative estimate of drug-likeness (QED) is 0.203. The smallest absolute Gasteiger partial charge is 0.316 e. The number of halogens is 2. The van der Waals surface area contributed by atoms with Crippen molar-refractivity contribution in [3.05, 3.63) is 0 Å². The normalized spacial score (nSPS) is 10.5. The number of hydrogen-bond donors (Lipinski definition) is 2. The maximum atomic E-state index is 5.54. The van der Waals surface area contributed by atoms with Crippen LogP contribution in [0.1, 0.15) is 19.3 Å². The number of ether oxygens (including phenoxy) is 1. The molecule has 0 radical (unpaired) electrons. The van der Waals surface area contributed by atoms with Crippen LogP contribution >= 0.6 is 63.0 Å². The second kappa shape index (κ2) is 13.8. The van der Waals surface area contributed by atoms with Gasteiger partial charge in [-0.25, -0.2) is 0 Å². The summed E-state index contributed by atoms with van der Waals surface area (Å²) in [5, 5.41) is 6.68. The zero-order valence-electron chi connectivity index (χ0n) is 9.42. The van der Waals surface area contributed by atoms with Crippen molar-refractivity contribution in [1.29, 1.82) is 0 Å². The molecule has 0 saturated carbocycles. The highest BCUT2D eigenvalue weighted by Gasteiger charge is 1.99. The van der Waals surface area contributed by atoms with Crippen molar-refractivity contribution >= 4 is 71.8 Å². The molecule has 0 aliphatic heterocycles. The average molecular weight is 486 g/mol. The Labute approximate surface area is 131 Å².